The fourth-order valence-electron chi connectivity index (χ4n) is 3.01. The number of halogens is 1. The van der Waals surface area contributed by atoms with Gasteiger partial charge < -0.3 is 14.9 Å². The summed E-state index contributed by atoms with van der Waals surface area (Å²) in [6.45, 7) is 10.1. The summed E-state index contributed by atoms with van der Waals surface area (Å²) in [5, 5.41) is 4.57. The first-order valence-electron chi connectivity index (χ1n) is 10.4. The molecule has 2 rings (SSSR count). The Bertz CT molecular complexity index is 708. The average molecular weight is 438 g/mol. The summed E-state index contributed by atoms with van der Waals surface area (Å²) >= 11 is 8.15. The highest BCUT2D eigenvalue weighted by molar-refractivity contribution is 7.98. The maximum atomic E-state index is 11.5. The van der Waals surface area contributed by atoms with Crippen molar-refractivity contribution >= 4 is 35.6 Å². The molecule has 1 aromatic rings. The van der Waals surface area contributed by atoms with E-state index in [-0.39, 0.29) is 0 Å². The standard InChI is InChI=1S/C21H30ClN3OS.C2H6/c1-15(2)12-20(24-27-17-8-6-5-7-9-17)21(25(4)14-26)23-19-11-10-16(3)13-18(19)22;1-2/h10-14,17,23-24H,5-9H2,1-4H3;1-2H3/b21-20+;. The fourth-order valence-corrected chi connectivity index (χ4v) is 4.31. The Labute approximate surface area is 186 Å². The summed E-state index contributed by atoms with van der Waals surface area (Å²) in [7, 11) is 1.74. The molecule has 162 valence electrons. The van der Waals surface area contributed by atoms with E-state index < -0.39 is 0 Å². The molecule has 1 aliphatic carbocycles. The topological polar surface area (TPSA) is 44.4 Å². The number of hydrogen-bond acceptors (Lipinski definition) is 4. The second kappa shape index (κ2) is 13.6. The maximum absolute atomic E-state index is 11.5. The van der Waals surface area contributed by atoms with Crippen molar-refractivity contribution in [3.63, 3.8) is 0 Å². The molecular weight excluding hydrogens is 402 g/mol. The van der Waals surface area contributed by atoms with Crippen molar-refractivity contribution in [3.05, 3.63) is 52.0 Å². The number of nitrogens with one attached hydrogen (secondary N) is 2. The summed E-state index contributed by atoms with van der Waals surface area (Å²) < 4.78 is 3.50. The molecule has 6 heteroatoms. The molecule has 1 saturated carbocycles. The van der Waals surface area contributed by atoms with Crippen molar-refractivity contribution in [1.29, 1.82) is 0 Å². The zero-order chi connectivity index (χ0) is 21.8. The zero-order valence-corrected chi connectivity index (χ0v) is 20.2. The zero-order valence-electron chi connectivity index (χ0n) is 18.6. The van der Waals surface area contributed by atoms with E-state index in [0.717, 1.165) is 28.9 Å². The Morgan fingerprint density at radius 2 is 1.86 bits per heavy atom. The smallest absolute Gasteiger partial charge is 0.215 e. The number of rotatable bonds is 8. The predicted molar refractivity (Wildman–Crippen MR) is 129 cm³/mol. The van der Waals surface area contributed by atoms with Crippen molar-refractivity contribution in [3.8, 4) is 0 Å². The third-order valence-corrected chi connectivity index (χ3v) is 5.92. The van der Waals surface area contributed by atoms with E-state index in [1.165, 1.54) is 32.1 Å². The first kappa shape index (κ1) is 25.4. The van der Waals surface area contributed by atoms with Gasteiger partial charge in [0.25, 0.3) is 0 Å². The molecule has 0 heterocycles. The van der Waals surface area contributed by atoms with Gasteiger partial charge in [0.05, 0.1) is 16.4 Å². The number of carbonyl (C=O) groups excluding carboxylic acids is 1. The lowest BCUT2D eigenvalue weighted by atomic mass is 10.0. The minimum atomic E-state index is 0.602. The van der Waals surface area contributed by atoms with Crippen LogP contribution in [0.1, 0.15) is 65.4 Å². The van der Waals surface area contributed by atoms with Gasteiger partial charge in [-0.05, 0) is 69.3 Å². The number of benzene rings is 1. The fraction of sp³-hybridized carbons (Fsp3) is 0.522. The predicted octanol–water partition coefficient (Wildman–Crippen LogP) is 6.88. The van der Waals surface area contributed by atoms with Crippen molar-refractivity contribution < 1.29 is 4.79 Å². The second-order valence-electron chi connectivity index (χ2n) is 7.29. The highest BCUT2D eigenvalue weighted by atomic mass is 35.5. The van der Waals surface area contributed by atoms with Crippen LogP contribution < -0.4 is 10.0 Å². The molecule has 1 aromatic carbocycles. The highest BCUT2D eigenvalue weighted by Gasteiger charge is 2.17. The van der Waals surface area contributed by atoms with Gasteiger partial charge in [-0.1, -0.05) is 56.4 Å². The number of carbonyl (C=O) groups is 1. The van der Waals surface area contributed by atoms with Gasteiger partial charge in [-0.3, -0.25) is 4.79 Å². The van der Waals surface area contributed by atoms with E-state index in [2.05, 4.69) is 16.1 Å². The van der Waals surface area contributed by atoms with Crippen LogP contribution in [0.25, 0.3) is 0 Å². The van der Waals surface area contributed by atoms with Gasteiger partial charge >= 0.3 is 0 Å². The van der Waals surface area contributed by atoms with Crippen LogP contribution in [-0.4, -0.2) is 23.6 Å². The highest BCUT2D eigenvalue weighted by Crippen LogP contribution is 2.29. The van der Waals surface area contributed by atoms with E-state index in [1.807, 2.05) is 52.8 Å². The summed E-state index contributed by atoms with van der Waals surface area (Å²) in [6.07, 6.45) is 9.24. The number of amides is 1. The third kappa shape index (κ3) is 8.75. The molecule has 1 fully saturated rings. The molecule has 4 nitrogen and oxygen atoms in total. The van der Waals surface area contributed by atoms with Crippen LogP contribution in [0.3, 0.4) is 0 Å². The Kier molecular flexibility index (Phi) is 11.9. The number of anilines is 1. The molecule has 1 amide bonds. The van der Waals surface area contributed by atoms with E-state index in [0.29, 0.717) is 16.1 Å². The van der Waals surface area contributed by atoms with Gasteiger partial charge in [-0.25, -0.2) is 0 Å². The quantitative estimate of drug-likeness (QED) is 0.264. The number of hydrogen-bond donors (Lipinski definition) is 2. The Morgan fingerprint density at radius 1 is 1.21 bits per heavy atom. The van der Waals surface area contributed by atoms with Crippen molar-refractivity contribution in [2.45, 2.75) is 72.0 Å². The number of allylic oxidation sites excluding steroid dienone is 2. The van der Waals surface area contributed by atoms with Crippen LogP contribution >= 0.6 is 23.5 Å². The lowest BCUT2D eigenvalue weighted by Gasteiger charge is -2.25. The van der Waals surface area contributed by atoms with E-state index >= 15 is 0 Å². The Hall–Kier alpha value is -1.59. The van der Waals surface area contributed by atoms with Crippen molar-refractivity contribution in [2.24, 2.45) is 0 Å². The third-order valence-electron chi connectivity index (χ3n) is 4.46. The molecule has 0 bridgehead atoms. The summed E-state index contributed by atoms with van der Waals surface area (Å²) in [5.74, 6) is 0.681. The average Bonchev–Trinajstić information content (AvgIpc) is 2.72. The Balaban J connectivity index is 0.00000204. The molecule has 0 atom stereocenters. The minimum Gasteiger partial charge on any atom is -0.339 e. The van der Waals surface area contributed by atoms with Crippen LogP contribution in [0.15, 0.2) is 41.4 Å². The maximum Gasteiger partial charge on any atom is 0.215 e. The van der Waals surface area contributed by atoms with Crippen LogP contribution in [0.2, 0.25) is 5.02 Å². The molecule has 29 heavy (non-hydrogen) atoms. The van der Waals surface area contributed by atoms with Gasteiger partial charge in [0.15, 0.2) is 0 Å². The van der Waals surface area contributed by atoms with Crippen molar-refractivity contribution in [2.75, 3.05) is 12.4 Å². The van der Waals surface area contributed by atoms with E-state index in [1.54, 1.807) is 23.9 Å². The molecule has 0 saturated heterocycles. The SMILES string of the molecule is CC.CC(C)=C/C(NSC1CCCCC1)=C(/Nc1ccc(C)cc1Cl)N(C)C=O. The first-order chi connectivity index (χ1) is 13.9. The summed E-state index contributed by atoms with van der Waals surface area (Å²) in [4.78, 5) is 13.1. The second-order valence-corrected chi connectivity index (χ2v) is 8.80. The summed E-state index contributed by atoms with van der Waals surface area (Å²) in [5.41, 5.74) is 3.89. The van der Waals surface area contributed by atoms with E-state index in [4.69, 9.17) is 11.6 Å². The van der Waals surface area contributed by atoms with Gasteiger partial charge in [-0.15, -0.1) is 0 Å². The van der Waals surface area contributed by atoms with Crippen LogP contribution in [-0.2, 0) is 4.79 Å². The van der Waals surface area contributed by atoms with Gasteiger partial charge in [0, 0.05) is 12.3 Å². The molecule has 0 spiro atoms. The molecule has 0 aliphatic heterocycles. The van der Waals surface area contributed by atoms with Crippen LogP contribution in [0, 0.1) is 6.92 Å². The monoisotopic (exact) mass is 437 g/mol. The number of aryl methyl sites for hydroxylation is 1. The molecule has 0 aromatic heterocycles. The first-order valence-corrected chi connectivity index (χ1v) is 11.7. The van der Waals surface area contributed by atoms with Gasteiger partial charge in [0.1, 0.15) is 5.82 Å². The van der Waals surface area contributed by atoms with E-state index in [9.17, 15) is 4.79 Å². The molecular formula is C23H36ClN3OS. The van der Waals surface area contributed by atoms with Gasteiger partial charge in [0.2, 0.25) is 6.41 Å². The lowest BCUT2D eigenvalue weighted by molar-refractivity contribution is -0.115. The molecule has 0 unspecified atom stereocenters. The minimum absolute atomic E-state index is 0.602. The molecule has 2 N–H and O–H groups in total. The van der Waals surface area contributed by atoms with Crippen LogP contribution in [0.4, 0.5) is 5.69 Å². The largest absolute Gasteiger partial charge is 0.339 e. The van der Waals surface area contributed by atoms with Gasteiger partial charge in [-0.2, -0.15) is 0 Å². The number of nitrogens with zero attached hydrogens (tertiary/aromatic N) is 1. The molecule has 1 aliphatic rings. The lowest BCUT2D eigenvalue weighted by Crippen LogP contribution is -2.27. The molecule has 0 radical (unpaired) electrons. The normalized spacial score (nSPS) is 14.7. The Morgan fingerprint density at radius 3 is 2.41 bits per heavy atom. The summed E-state index contributed by atoms with van der Waals surface area (Å²) in [6, 6.07) is 5.84. The van der Waals surface area contributed by atoms with Crippen molar-refractivity contribution in [1.82, 2.24) is 9.62 Å². The van der Waals surface area contributed by atoms with Crippen LogP contribution in [0.5, 0.6) is 0 Å².